The van der Waals surface area contributed by atoms with Crippen LogP contribution in [0.3, 0.4) is 0 Å². The number of hydrogen-bond acceptors (Lipinski definition) is 2. The van der Waals surface area contributed by atoms with E-state index in [1.165, 1.54) is 16.8 Å². The number of anilines is 1. The fourth-order valence-electron chi connectivity index (χ4n) is 2.29. The van der Waals surface area contributed by atoms with Crippen molar-refractivity contribution in [1.29, 1.82) is 0 Å². The minimum Gasteiger partial charge on any atom is -0.396 e. The van der Waals surface area contributed by atoms with Crippen LogP contribution in [0, 0.1) is 0 Å². The summed E-state index contributed by atoms with van der Waals surface area (Å²) in [6, 6.07) is 7.80. The molecule has 2 N–H and O–H groups in total. The van der Waals surface area contributed by atoms with Crippen LogP contribution in [0.25, 0.3) is 0 Å². The first-order valence-electron chi connectivity index (χ1n) is 6.77. The van der Waals surface area contributed by atoms with Crippen LogP contribution in [-0.2, 0) is 25.3 Å². The Morgan fingerprint density at radius 2 is 1.80 bits per heavy atom. The fraction of sp³-hybridized carbons (Fsp3) is 0.400. The van der Waals surface area contributed by atoms with E-state index >= 15 is 0 Å². The fourth-order valence-corrected chi connectivity index (χ4v) is 2.29. The van der Waals surface area contributed by atoms with E-state index in [0.29, 0.717) is 29.9 Å². The van der Waals surface area contributed by atoms with Gasteiger partial charge in [-0.3, -0.25) is 4.68 Å². The predicted molar refractivity (Wildman–Crippen MR) is 75.7 cm³/mol. The van der Waals surface area contributed by atoms with Crippen molar-refractivity contribution in [3.63, 3.8) is 0 Å². The first kappa shape index (κ1) is 14.5. The Hall–Kier alpha value is -1.91. The van der Waals surface area contributed by atoms with Gasteiger partial charge in [0.15, 0.2) is 0 Å². The topological polar surface area (TPSA) is 43.8 Å². The van der Waals surface area contributed by atoms with E-state index in [0.717, 1.165) is 0 Å². The zero-order valence-electron chi connectivity index (χ0n) is 11.7. The summed E-state index contributed by atoms with van der Waals surface area (Å²) in [5, 5.41) is 4.22. The maximum atomic E-state index is 14.3. The Bertz CT molecular complexity index is 576. The van der Waals surface area contributed by atoms with Gasteiger partial charge in [0.05, 0.1) is 17.1 Å². The molecule has 0 radical (unpaired) electrons. The van der Waals surface area contributed by atoms with Gasteiger partial charge in [-0.2, -0.15) is 13.9 Å². The lowest BCUT2D eigenvalue weighted by molar-refractivity contribution is -0.0261. The van der Waals surface area contributed by atoms with Crippen LogP contribution < -0.4 is 5.73 Å². The van der Waals surface area contributed by atoms with E-state index in [2.05, 4.69) is 5.10 Å². The lowest BCUT2D eigenvalue weighted by atomic mass is 10.1. The normalized spacial score (nSPS) is 11.8. The molecule has 1 aromatic carbocycles. The van der Waals surface area contributed by atoms with Gasteiger partial charge in [-0.1, -0.05) is 44.2 Å². The van der Waals surface area contributed by atoms with Crippen molar-refractivity contribution in [2.24, 2.45) is 0 Å². The Morgan fingerprint density at radius 3 is 2.35 bits per heavy atom. The molecule has 0 aliphatic rings. The minimum absolute atomic E-state index is 0.00540. The van der Waals surface area contributed by atoms with Crippen molar-refractivity contribution >= 4 is 5.69 Å². The summed E-state index contributed by atoms with van der Waals surface area (Å²) >= 11 is 0. The summed E-state index contributed by atoms with van der Waals surface area (Å²) in [6.07, 6.45) is 1.23. The average molecular weight is 279 g/mol. The Balaban J connectivity index is 2.34. The maximum absolute atomic E-state index is 14.3. The molecular weight excluding hydrogens is 260 g/mol. The average Bonchev–Trinajstić information content (AvgIpc) is 2.74. The number of nitrogens with two attached hydrogens (primary N) is 1. The van der Waals surface area contributed by atoms with Gasteiger partial charge in [-0.05, 0) is 12.8 Å². The Morgan fingerprint density at radius 1 is 1.15 bits per heavy atom. The van der Waals surface area contributed by atoms with Gasteiger partial charge in [0.1, 0.15) is 6.54 Å². The highest BCUT2D eigenvalue weighted by Crippen LogP contribution is 2.31. The second-order valence-corrected chi connectivity index (χ2v) is 4.74. The van der Waals surface area contributed by atoms with Crippen LogP contribution in [0.5, 0.6) is 0 Å². The molecule has 0 aliphatic heterocycles. The quantitative estimate of drug-likeness (QED) is 0.911. The van der Waals surface area contributed by atoms with Crippen LogP contribution in [0.15, 0.2) is 30.3 Å². The number of nitrogens with zero attached hydrogens (tertiary/aromatic N) is 2. The van der Waals surface area contributed by atoms with E-state index in [9.17, 15) is 8.78 Å². The summed E-state index contributed by atoms with van der Waals surface area (Å²) in [7, 11) is 0. The van der Waals surface area contributed by atoms with Crippen molar-refractivity contribution in [1.82, 2.24) is 9.78 Å². The number of rotatable bonds is 5. The molecule has 0 amide bonds. The number of benzene rings is 1. The Kier molecular flexibility index (Phi) is 4.06. The van der Waals surface area contributed by atoms with Crippen LogP contribution in [-0.4, -0.2) is 9.78 Å². The van der Waals surface area contributed by atoms with Crippen LogP contribution in [0.2, 0.25) is 0 Å². The van der Waals surface area contributed by atoms with Gasteiger partial charge in [-0.15, -0.1) is 0 Å². The second kappa shape index (κ2) is 5.61. The molecule has 1 heterocycles. The van der Waals surface area contributed by atoms with Gasteiger partial charge in [0.2, 0.25) is 0 Å². The molecule has 0 aliphatic carbocycles. The maximum Gasteiger partial charge on any atom is 0.292 e. The smallest absolute Gasteiger partial charge is 0.292 e. The lowest BCUT2D eigenvalue weighted by Gasteiger charge is -2.18. The third-order valence-electron chi connectivity index (χ3n) is 3.39. The molecule has 0 atom stereocenters. The highest BCUT2D eigenvalue weighted by atomic mass is 19.3. The van der Waals surface area contributed by atoms with Crippen LogP contribution in [0.1, 0.15) is 30.8 Å². The number of alkyl halides is 2. The molecule has 5 heteroatoms. The number of halogens is 2. The van der Waals surface area contributed by atoms with Crippen molar-refractivity contribution in [3.8, 4) is 0 Å². The zero-order valence-corrected chi connectivity index (χ0v) is 11.7. The van der Waals surface area contributed by atoms with Gasteiger partial charge >= 0.3 is 0 Å². The summed E-state index contributed by atoms with van der Waals surface area (Å²) < 4.78 is 30.0. The molecule has 3 nitrogen and oxygen atoms in total. The highest BCUT2D eigenvalue weighted by molar-refractivity contribution is 5.48. The lowest BCUT2D eigenvalue weighted by Crippen LogP contribution is -2.23. The number of aryl methyl sites for hydroxylation is 1. The summed E-state index contributed by atoms with van der Waals surface area (Å²) in [4.78, 5) is 0. The predicted octanol–water partition coefficient (Wildman–Crippen LogP) is 3.38. The van der Waals surface area contributed by atoms with Gasteiger partial charge in [-0.25, -0.2) is 0 Å². The molecule has 0 saturated heterocycles. The number of aromatic nitrogens is 2. The molecule has 20 heavy (non-hydrogen) atoms. The summed E-state index contributed by atoms with van der Waals surface area (Å²) in [5.41, 5.74) is 7.85. The summed E-state index contributed by atoms with van der Waals surface area (Å²) in [6.45, 7) is 3.33. The molecular formula is C15H19F2N3. The van der Waals surface area contributed by atoms with E-state index in [1.54, 1.807) is 18.2 Å². The van der Waals surface area contributed by atoms with E-state index in [1.807, 2.05) is 13.8 Å². The number of hydrogen-bond donors (Lipinski definition) is 1. The molecule has 0 unspecified atom stereocenters. The molecule has 108 valence electrons. The molecule has 0 bridgehead atoms. The standard InChI is InChI=1S/C15H19F2N3/c1-3-12-14(18)13(4-2)20(19-12)10-15(16,17)11-8-6-5-7-9-11/h5-9H,3-4,10,18H2,1-2H3. The third kappa shape index (κ3) is 2.66. The van der Waals surface area contributed by atoms with E-state index in [-0.39, 0.29) is 5.56 Å². The van der Waals surface area contributed by atoms with E-state index < -0.39 is 12.5 Å². The monoisotopic (exact) mass is 279 g/mol. The second-order valence-electron chi connectivity index (χ2n) is 4.74. The SMILES string of the molecule is CCc1nn(CC(F)(F)c2ccccc2)c(CC)c1N. The molecule has 0 saturated carbocycles. The molecule has 2 aromatic rings. The van der Waals surface area contributed by atoms with Gasteiger partial charge in [0.25, 0.3) is 5.92 Å². The summed E-state index contributed by atoms with van der Waals surface area (Å²) in [5.74, 6) is -2.96. The number of nitrogen functional groups attached to an aromatic ring is 1. The van der Waals surface area contributed by atoms with E-state index in [4.69, 9.17) is 5.73 Å². The van der Waals surface area contributed by atoms with Crippen molar-refractivity contribution in [2.45, 2.75) is 39.2 Å². The molecule has 0 spiro atoms. The Labute approximate surface area is 117 Å². The highest BCUT2D eigenvalue weighted by Gasteiger charge is 2.33. The molecule has 2 rings (SSSR count). The molecule has 1 aromatic heterocycles. The first-order valence-corrected chi connectivity index (χ1v) is 6.77. The first-order chi connectivity index (χ1) is 9.49. The van der Waals surface area contributed by atoms with Crippen LogP contribution in [0.4, 0.5) is 14.5 Å². The van der Waals surface area contributed by atoms with Gasteiger partial charge in [0, 0.05) is 5.56 Å². The van der Waals surface area contributed by atoms with Crippen molar-refractivity contribution in [3.05, 3.63) is 47.3 Å². The minimum atomic E-state index is -2.96. The zero-order chi connectivity index (χ0) is 14.8. The third-order valence-corrected chi connectivity index (χ3v) is 3.39. The van der Waals surface area contributed by atoms with Crippen molar-refractivity contribution < 1.29 is 8.78 Å². The van der Waals surface area contributed by atoms with Crippen LogP contribution >= 0.6 is 0 Å². The largest absolute Gasteiger partial charge is 0.396 e. The molecule has 0 fully saturated rings. The van der Waals surface area contributed by atoms with Gasteiger partial charge < -0.3 is 5.73 Å². The van der Waals surface area contributed by atoms with Crippen molar-refractivity contribution in [2.75, 3.05) is 5.73 Å².